The van der Waals surface area contributed by atoms with Gasteiger partial charge in [-0.3, -0.25) is 4.72 Å². The molecule has 0 aliphatic carbocycles. The molecule has 1 rings (SSSR count). The lowest BCUT2D eigenvalue weighted by Gasteiger charge is -2.08. The summed E-state index contributed by atoms with van der Waals surface area (Å²) in [4.78, 5) is 0. The minimum absolute atomic E-state index is 0.0377. The van der Waals surface area contributed by atoms with Gasteiger partial charge in [0.1, 0.15) is 5.82 Å². The van der Waals surface area contributed by atoms with E-state index in [1.165, 1.54) is 18.2 Å². The van der Waals surface area contributed by atoms with Crippen LogP contribution in [0.2, 0.25) is 0 Å². The summed E-state index contributed by atoms with van der Waals surface area (Å²) >= 11 is 7.29. The van der Waals surface area contributed by atoms with Crippen LogP contribution in [0.5, 0.6) is 0 Å². The van der Waals surface area contributed by atoms with Crippen LogP contribution in [0, 0.1) is 9.39 Å². The molecular weight excluding hydrogens is 368 g/mol. The van der Waals surface area contributed by atoms with Gasteiger partial charge in [-0.25, -0.2) is 12.8 Å². The lowest BCUT2D eigenvalue weighted by molar-refractivity contribution is 0.599. The molecule has 1 aromatic carbocycles. The van der Waals surface area contributed by atoms with Crippen molar-refractivity contribution < 1.29 is 12.8 Å². The molecule has 16 heavy (non-hydrogen) atoms. The molecular formula is C9H10ClFINO2S. The van der Waals surface area contributed by atoms with E-state index in [-0.39, 0.29) is 5.75 Å². The summed E-state index contributed by atoms with van der Waals surface area (Å²) in [5.41, 5.74) is 0.386. The molecule has 7 heteroatoms. The first-order valence-electron chi connectivity index (χ1n) is 4.46. The van der Waals surface area contributed by atoms with Gasteiger partial charge in [-0.05, 0) is 47.2 Å². The third-order valence-electron chi connectivity index (χ3n) is 1.74. The summed E-state index contributed by atoms with van der Waals surface area (Å²) in [5.74, 6) is -0.140. The Bertz CT molecular complexity index is 467. The van der Waals surface area contributed by atoms with Crippen LogP contribution < -0.4 is 4.72 Å². The highest BCUT2D eigenvalue weighted by atomic mass is 127. The number of hydrogen-bond acceptors (Lipinski definition) is 2. The van der Waals surface area contributed by atoms with Crippen molar-refractivity contribution in [1.82, 2.24) is 0 Å². The van der Waals surface area contributed by atoms with E-state index >= 15 is 0 Å². The molecule has 1 N–H and O–H groups in total. The lowest BCUT2D eigenvalue weighted by Crippen LogP contribution is -2.17. The van der Waals surface area contributed by atoms with Gasteiger partial charge in [0, 0.05) is 9.45 Å². The highest BCUT2D eigenvalue weighted by Crippen LogP contribution is 2.20. The van der Waals surface area contributed by atoms with Crippen LogP contribution in [-0.2, 0) is 10.0 Å². The number of nitrogens with one attached hydrogen (secondary N) is 1. The van der Waals surface area contributed by atoms with E-state index in [0.29, 0.717) is 21.6 Å². The monoisotopic (exact) mass is 377 g/mol. The van der Waals surface area contributed by atoms with Crippen molar-refractivity contribution in [1.29, 1.82) is 0 Å². The molecule has 0 radical (unpaired) electrons. The van der Waals surface area contributed by atoms with Crippen molar-refractivity contribution in [3.05, 3.63) is 27.6 Å². The Labute approximate surface area is 113 Å². The number of alkyl halides is 1. The van der Waals surface area contributed by atoms with E-state index in [2.05, 4.69) is 4.72 Å². The largest absolute Gasteiger partial charge is 0.282 e. The second-order valence-electron chi connectivity index (χ2n) is 3.09. The maximum atomic E-state index is 12.8. The summed E-state index contributed by atoms with van der Waals surface area (Å²) in [5, 5.41) is 0. The first-order valence-corrected chi connectivity index (χ1v) is 7.72. The Morgan fingerprint density at radius 1 is 1.44 bits per heavy atom. The molecule has 0 amide bonds. The Morgan fingerprint density at radius 2 is 2.12 bits per heavy atom. The van der Waals surface area contributed by atoms with Crippen LogP contribution in [0.25, 0.3) is 0 Å². The molecule has 0 fully saturated rings. The molecule has 3 nitrogen and oxygen atoms in total. The van der Waals surface area contributed by atoms with Gasteiger partial charge in [0.25, 0.3) is 0 Å². The first kappa shape index (κ1) is 14.0. The minimum atomic E-state index is -3.39. The van der Waals surface area contributed by atoms with E-state index in [1.807, 2.05) is 22.6 Å². The van der Waals surface area contributed by atoms with Gasteiger partial charge < -0.3 is 0 Å². The average Bonchev–Trinajstić information content (AvgIpc) is 2.19. The molecule has 0 aromatic heterocycles. The first-order chi connectivity index (χ1) is 7.44. The van der Waals surface area contributed by atoms with Crippen LogP contribution in [0.15, 0.2) is 18.2 Å². The van der Waals surface area contributed by atoms with Gasteiger partial charge in [0.15, 0.2) is 0 Å². The van der Waals surface area contributed by atoms with Crippen LogP contribution in [0.3, 0.4) is 0 Å². The number of rotatable bonds is 5. The molecule has 0 heterocycles. The van der Waals surface area contributed by atoms with Crippen LogP contribution in [0.1, 0.15) is 6.42 Å². The van der Waals surface area contributed by atoms with E-state index in [4.69, 9.17) is 11.6 Å². The number of sulfonamides is 1. The second-order valence-corrected chi connectivity index (χ2v) is 6.47. The SMILES string of the molecule is O=S(=O)(CCCCl)Nc1ccc(F)cc1I. The normalized spacial score (nSPS) is 11.4. The highest BCUT2D eigenvalue weighted by molar-refractivity contribution is 14.1. The molecule has 1 aromatic rings. The molecule has 0 spiro atoms. The zero-order valence-electron chi connectivity index (χ0n) is 8.21. The van der Waals surface area contributed by atoms with Gasteiger partial charge in [0.05, 0.1) is 11.4 Å². The fraction of sp³-hybridized carbons (Fsp3) is 0.333. The van der Waals surface area contributed by atoms with E-state index in [1.54, 1.807) is 0 Å². The summed E-state index contributed by atoms with van der Waals surface area (Å²) < 4.78 is 38.8. The number of halogens is 3. The van der Waals surface area contributed by atoms with E-state index < -0.39 is 15.8 Å². The average molecular weight is 378 g/mol. The smallest absolute Gasteiger partial charge is 0.232 e. The zero-order chi connectivity index (χ0) is 12.2. The van der Waals surface area contributed by atoms with Crippen molar-refractivity contribution in [3.8, 4) is 0 Å². The lowest BCUT2D eigenvalue weighted by atomic mass is 10.3. The van der Waals surface area contributed by atoms with Crippen molar-refractivity contribution >= 4 is 49.9 Å². The van der Waals surface area contributed by atoms with Crippen molar-refractivity contribution in [2.24, 2.45) is 0 Å². The third kappa shape index (κ3) is 4.42. The second kappa shape index (κ2) is 6.02. The van der Waals surface area contributed by atoms with Crippen LogP contribution >= 0.6 is 34.2 Å². The van der Waals surface area contributed by atoms with Gasteiger partial charge >= 0.3 is 0 Å². The Morgan fingerprint density at radius 3 is 2.69 bits per heavy atom. The van der Waals surface area contributed by atoms with Crippen molar-refractivity contribution in [3.63, 3.8) is 0 Å². The van der Waals surface area contributed by atoms with E-state index in [0.717, 1.165) is 0 Å². The highest BCUT2D eigenvalue weighted by Gasteiger charge is 2.11. The Kier molecular flexibility index (Phi) is 5.26. The van der Waals surface area contributed by atoms with Crippen LogP contribution in [0.4, 0.5) is 10.1 Å². The number of benzene rings is 1. The van der Waals surface area contributed by atoms with Gasteiger partial charge in [-0.15, -0.1) is 11.6 Å². The summed E-state index contributed by atoms with van der Waals surface area (Å²) in [7, 11) is -3.39. The fourth-order valence-corrected chi connectivity index (χ4v) is 3.26. The summed E-state index contributed by atoms with van der Waals surface area (Å²) in [6.45, 7) is 0. The summed E-state index contributed by atoms with van der Waals surface area (Å²) in [6, 6.07) is 3.87. The fourth-order valence-electron chi connectivity index (χ4n) is 1.04. The molecule has 90 valence electrons. The third-order valence-corrected chi connectivity index (χ3v) is 4.26. The van der Waals surface area contributed by atoms with Gasteiger partial charge in [-0.2, -0.15) is 0 Å². The number of anilines is 1. The molecule has 0 aliphatic rings. The predicted molar refractivity (Wildman–Crippen MR) is 71.9 cm³/mol. The molecule has 0 bridgehead atoms. The molecule has 0 saturated heterocycles. The Hall–Kier alpha value is -0.0800. The van der Waals surface area contributed by atoms with Crippen molar-refractivity contribution in [2.75, 3.05) is 16.4 Å². The molecule has 0 aliphatic heterocycles. The quantitative estimate of drug-likeness (QED) is 0.633. The van der Waals surface area contributed by atoms with Crippen LogP contribution in [-0.4, -0.2) is 20.1 Å². The van der Waals surface area contributed by atoms with E-state index in [9.17, 15) is 12.8 Å². The van der Waals surface area contributed by atoms with Gasteiger partial charge in [-0.1, -0.05) is 0 Å². The maximum Gasteiger partial charge on any atom is 0.232 e. The Balaban J connectivity index is 2.80. The standard InChI is InChI=1S/C9H10ClFINO2S/c10-4-1-5-16(14,15)13-9-3-2-7(11)6-8(9)12/h2-3,6,13H,1,4-5H2. The topological polar surface area (TPSA) is 46.2 Å². The molecule has 0 saturated carbocycles. The molecule has 0 unspecified atom stereocenters. The number of hydrogen-bond donors (Lipinski definition) is 1. The van der Waals surface area contributed by atoms with Gasteiger partial charge in [0.2, 0.25) is 10.0 Å². The molecule has 0 atom stereocenters. The minimum Gasteiger partial charge on any atom is -0.282 e. The summed E-state index contributed by atoms with van der Waals surface area (Å²) in [6.07, 6.45) is 0.384. The van der Waals surface area contributed by atoms with Crippen molar-refractivity contribution in [2.45, 2.75) is 6.42 Å². The predicted octanol–water partition coefficient (Wildman–Crippen LogP) is 2.80. The zero-order valence-corrected chi connectivity index (χ0v) is 11.9. The maximum absolute atomic E-state index is 12.8.